The fraction of sp³-hybridized carbons (Fsp3) is 0.296. The maximum atomic E-state index is 13.1. The van der Waals surface area contributed by atoms with E-state index in [2.05, 4.69) is 33.3 Å². The highest BCUT2D eigenvalue weighted by atomic mass is 16.5. The van der Waals surface area contributed by atoms with Gasteiger partial charge in [0.05, 0.1) is 18.3 Å². The largest absolute Gasteiger partial charge is 0.492 e. The number of hydrogen-bond donors (Lipinski definition) is 1. The average molecular weight is 430 g/mol. The highest BCUT2D eigenvalue weighted by molar-refractivity contribution is 5.98. The second-order valence-electron chi connectivity index (χ2n) is 8.00. The molecule has 0 aromatic heterocycles. The van der Waals surface area contributed by atoms with Crippen LogP contribution in [0.15, 0.2) is 78.9 Å². The zero-order valence-corrected chi connectivity index (χ0v) is 18.8. The molecule has 0 unspecified atom stereocenters. The minimum atomic E-state index is -0.205. The van der Waals surface area contributed by atoms with Crippen molar-refractivity contribution in [3.05, 3.63) is 78.9 Å². The Kier molecular flexibility index (Phi) is 7.07. The van der Waals surface area contributed by atoms with Crippen LogP contribution in [0.1, 0.15) is 13.8 Å². The Labute approximate surface area is 190 Å². The van der Waals surface area contributed by atoms with Crippen molar-refractivity contribution in [3.63, 3.8) is 0 Å². The van der Waals surface area contributed by atoms with Crippen LogP contribution in [0.5, 0.6) is 5.75 Å². The Morgan fingerprint density at radius 2 is 1.56 bits per heavy atom. The van der Waals surface area contributed by atoms with Crippen LogP contribution in [-0.4, -0.2) is 49.6 Å². The summed E-state index contributed by atoms with van der Waals surface area (Å²) < 4.78 is 5.80. The van der Waals surface area contributed by atoms with Crippen molar-refractivity contribution in [2.45, 2.75) is 19.9 Å². The molecule has 1 aliphatic rings. The molecule has 4 rings (SSSR count). The molecule has 0 bridgehead atoms. The molecule has 0 saturated carbocycles. The summed E-state index contributed by atoms with van der Waals surface area (Å²) >= 11 is 0. The Morgan fingerprint density at radius 3 is 2.31 bits per heavy atom. The number of para-hydroxylation sites is 3. The summed E-state index contributed by atoms with van der Waals surface area (Å²) in [6, 6.07) is 26.1. The second-order valence-corrected chi connectivity index (χ2v) is 8.00. The molecule has 3 aromatic rings. The normalized spacial score (nSPS) is 15.2. The zero-order valence-electron chi connectivity index (χ0n) is 18.8. The van der Waals surface area contributed by atoms with E-state index in [0.29, 0.717) is 6.61 Å². The summed E-state index contributed by atoms with van der Waals surface area (Å²) in [6.45, 7) is 8.03. The van der Waals surface area contributed by atoms with Gasteiger partial charge >= 0.3 is 0 Å². The van der Waals surface area contributed by atoms with Crippen LogP contribution < -0.4 is 15.0 Å². The van der Waals surface area contributed by atoms with Gasteiger partial charge in [0, 0.05) is 37.4 Å². The van der Waals surface area contributed by atoms with E-state index in [4.69, 9.17) is 4.74 Å². The minimum Gasteiger partial charge on any atom is -0.492 e. The quantitative estimate of drug-likeness (QED) is 0.580. The molecule has 32 heavy (non-hydrogen) atoms. The topological polar surface area (TPSA) is 44.8 Å². The standard InChI is InChI=1S/C27H31N3O2/c1-3-32-26-16-10-9-15-25(26)30-19-17-29(18-20-30)21(2)27(31)28-24-14-8-7-13-23(24)22-11-5-4-6-12-22/h4-16,21H,3,17-20H2,1-2H3,(H,28,31)/t21-/m1/s1. The first-order chi connectivity index (χ1) is 15.7. The lowest BCUT2D eigenvalue weighted by atomic mass is 10.0. The number of piperazine rings is 1. The van der Waals surface area contributed by atoms with Crippen LogP contribution in [0.3, 0.4) is 0 Å². The number of amides is 1. The third kappa shape index (κ3) is 4.94. The van der Waals surface area contributed by atoms with E-state index in [1.165, 1.54) is 0 Å². The number of ether oxygens (including phenoxy) is 1. The number of hydrogen-bond acceptors (Lipinski definition) is 4. The van der Waals surface area contributed by atoms with Gasteiger partial charge in [-0.2, -0.15) is 0 Å². The molecular formula is C27H31N3O2. The van der Waals surface area contributed by atoms with E-state index in [1.54, 1.807) is 0 Å². The first-order valence-electron chi connectivity index (χ1n) is 11.3. The molecule has 0 radical (unpaired) electrons. The van der Waals surface area contributed by atoms with Crippen molar-refractivity contribution in [1.82, 2.24) is 4.90 Å². The lowest BCUT2D eigenvalue weighted by Crippen LogP contribution is -2.52. The van der Waals surface area contributed by atoms with Gasteiger partial charge in [-0.05, 0) is 37.6 Å². The van der Waals surface area contributed by atoms with Gasteiger partial charge in [0.25, 0.3) is 0 Å². The van der Waals surface area contributed by atoms with Gasteiger partial charge in [-0.25, -0.2) is 0 Å². The number of anilines is 2. The molecule has 1 N–H and O–H groups in total. The monoisotopic (exact) mass is 429 g/mol. The van der Waals surface area contributed by atoms with Gasteiger partial charge in [0.15, 0.2) is 0 Å². The number of carbonyl (C=O) groups excluding carboxylic acids is 1. The molecule has 1 atom stereocenters. The van der Waals surface area contributed by atoms with Gasteiger partial charge in [0.1, 0.15) is 5.75 Å². The van der Waals surface area contributed by atoms with Crippen LogP contribution in [-0.2, 0) is 4.79 Å². The summed E-state index contributed by atoms with van der Waals surface area (Å²) in [5, 5.41) is 3.16. The molecule has 5 nitrogen and oxygen atoms in total. The predicted octanol–water partition coefficient (Wildman–Crippen LogP) is 4.90. The third-order valence-corrected chi connectivity index (χ3v) is 6.02. The molecule has 0 aliphatic carbocycles. The zero-order chi connectivity index (χ0) is 22.3. The first-order valence-corrected chi connectivity index (χ1v) is 11.3. The summed E-state index contributed by atoms with van der Waals surface area (Å²) in [7, 11) is 0. The highest BCUT2D eigenvalue weighted by Crippen LogP contribution is 2.30. The molecular weight excluding hydrogens is 398 g/mol. The molecule has 166 valence electrons. The van der Waals surface area contributed by atoms with Gasteiger partial charge in [-0.15, -0.1) is 0 Å². The van der Waals surface area contributed by atoms with E-state index in [-0.39, 0.29) is 11.9 Å². The lowest BCUT2D eigenvalue weighted by molar-refractivity contribution is -0.120. The van der Waals surface area contributed by atoms with Crippen molar-refractivity contribution in [2.24, 2.45) is 0 Å². The summed E-state index contributed by atoms with van der Waals surface area (Å²) in [5.41, 5.74) is 4.10. The molecule has 5 heteroatoms. The van der Waals surface area contributed by atoms with E-state index < -0.39 is 0 Å². The van der Waals surface area contributed by atoms with Crippen LogP contribution in [0, 0.1) is 0 Å². The van der Waals surface area contributed by atoms with E-state index >= 15 is 0 Å². The Balaban J connectivity index is 1.39. The molecule has 0 spiro atoms. The van der Waals surface area contributed by atoms with Crippen molar-refractivity contribution in [1.29, 1.82) is 0 Å². The number of nitrogens with zero attached hydrogens (tertiary/aromatic N) is 2. The van der Waals surface area contributed by atoms with E-state index in [1.807, 2.05) is 74.5 Å². The fourth-order valence-electron chi connectivity index (χ4n) is 4.21. The fourth-order valence-corrected chi connectivity index (χ4v) is 4.21. The lowest BCUT2D eigenvalue weighted by Gasteiger charge is -2.39. The Morgan fingerprint density at radius 1 is 0.906 bits per heavy atom. The summed E-state index contributed by atoms with van der Waals surface area (Å²) in [6.07, 6.45) is 0. The van der Waals surface area contributed by atoms with Crippen molar-refractivity contribution in [2.75, 3.05) is 43.0 Å². The number of benzene rings is 3. The van der Waals surface area contributed by atoms with Crippen LogP contribution in [0.25, 0.3) is 11.1 Å². The van der Waals surface area contributed by atoms with E-state index in [0.717, 1.165) is 54.4 Å². The smallest absolute Gasteiger partial charge is 0.241 e. The maximum Gasteiger partial charge on any atom is 0.241 e. The molecule has 1 aliphatic heterocycles. The average Bonchev–Trinajstić information content (AvgIpc) is 2.85. The summed E-state index contributed by atoms with van der Waals surface area (Å²) in [5.74, 6) is 0.948. The SMILES string of the molecule is CCOc1ccccc1N1CCN([C@H](C)C(=O)Nc2ccccc2-c2ccccc2)CC1. The van der Waals surface area contributed by atoms with Crippen LogP contribution in [0.2, 0.25) is 0 Å². The van der Waals surface area contributed by atoms with Gasteiger partial charge < -0.3 is 15.0 Å². The van der Waals surface area contributed by atoms with Gasteiger partial charge in [-0.1, -0.05) is 60.7 Å². The molecule has 1 amide bonds. The number of nitrogens with one attached hydrogen (secondary N) is 1. The summed E-state index contributed by atoms with van der Waals surface area (Å²) in [4.78, 5) is 17.7. The van der Waals surface area contributed by atoms with Crippen molar-refractivity contribution < 1.29 is 9.53 Å². The predicted molar refractivity (Wildman–Crippen MR) is 131 cm³/mol. The molecule has 1 saturated heterocycles. The maximum absolute atomic E-state index is 13.1. The molecule has 3 aromatic carbocycles. The van der Waals surface area contributed by atoms with Gasteiger partial charge in [-0.3, -0.25) is 9.69 Å². The molecule has 1 heterocycles. The third-order valence-electron chi connectivity index (χ3n) is 6.02. The minimum absolute atomic E-state index is 0.0246. The van der Waals surface area contributed by atoms with Gasteiger partial charge in [0.2, 0.25) is 5.91 Å². The first kappa shape index (κ1) is 21.9. The second kappa shape index (κ2) is 10.3. The Bertz CT molecular complexity index is 1030. The van der Waals surface area contributed by atoms with Crippen LogP contribution >= 0.6 is 0 Å². The molecule has 1 fully saturated rings. The Hall–Kier alpha value is -3.31. The van der Waals surface area contributed by atoms with Crippen LogP contribution in [0.4, 0.5) is 11.4 Å². The number of rotatable bonds is 7. The highest BCUT2D eigenvalue weighted by Gasteiger charge is 2.27. The van der Waals surface area contributed by atoms with Crippen molar-refractivity contribution in [3.8, 4) is 16.9 Å². The van der Waals surface area contributed by atoms with E-state index in [9.17, 15) is 4.79 Å². The van der Waals surface area contributed by atoms with Crippen molar-refractivity contribution >= 4 is 17.3 Å². The number of carbonyl (C=O) groups is 1.